The first-order chi connectivity index (χ1) is 12.0. The fourth-order valence-electron chi connectivity index (χ4n) is 3.10. The van der Waals surface area contributed by atoms with E-state index in [1.165, 1.54) is 0 Å². The van der Waals surface area contributed by atoms with Gasteiger partial charge in [0.2, 0.25) is 11.8 Å². The van der Waals surface area contributed by atoms with E-state index in [0.717, 1.165) is 41.3 Å². The number of nitrogens with one attached hydrogen (secondary N) is 1. The summed E-state index contributed by atoms with van der Waals surface area (Å²) in [5, 5.41) is 7.31. The molecule has 25 heavy (non-hydrogen) atoms. The van der Waals surface area contributed by atoms with Gasteiger partial charge in [0, 0.05) is 32.1 Å². The second kappa shape index (κ2) is 7.18. The van der Waals surface area contributed by atoms with Crippen LogP contribution in [0.4, 0.5) is 5.69 Å². The van der Waals surface area contributed by atoms with Crippen molar-refractivity contribution < 1.29 is 9.53 Å². The maximum absolute atomic E-state index is 12.5. The van der Waals surface area contributed by atoms with Crippen LogP contribution in [0.1, 0.15) is 29.6 Å². The van der Waals surface area contributed by atoms with Gasteiger partial charge in [-0.1, -0.05) is 0 Å². The number of aryl methyl sites for hydroxylation is 2. The van der Waals surface area contributed by atoms with E-state index in [1.54, 1.807) is 11.0 Å². The minimum absolute atomic E-state index is 0.0440. The summed E-state index contributed by atoms with van der Waals surface area (Å²) in [4.78, 5) is 23.1. The lowest BCUT2D eigenvalue weighted by Gasteiger charge is -2.28. The van der Waals surface area contributed by atoms with Gasteiger partial charge in [0.1, 0.15) is 6.33 Å². The molecule has 3 rings (SSSR count). The molecule has 3 heterocycles. The number of amides is 1. The number of rotatable bonds is 5. The van der Waals surface area contributed by atoms with Gasteiger partial charge in [-0.05, 0) is 20.8 Å². The average molecular weight is 344 g/mol. The van der Waals surface area contributed by atoms with E-state index in [0.29, 0.717) is 25.6 Å². The SMILES string of the molecule is CCOc1ncnc2c1CN(CC(=O)Nc1c(C)nn(C)c1C)CC2. The molecule has 1 N–H and O–H groups in total. The van der Waals surface area contributed by atoms with Crippen LogP contribution in [0.15, 0.2) is 6.33 Å². The molecule has 0 fully saturated rings. The summed E-state index contributed by atoms with van der Waals surface area (Å²) in [5.41, 5.74) is 4.56. The normalized spacial score (nSPS) is 14.2. The lowest BCUT2D eigenvalue weighted by molar-refractivity contribution is -0.117. The predicted octanol–water partition coefficient (Wildman–Crippen LogP) is 1.22. The highest BCUT2D eigenvalue weighted by Crippen LogP contribution is 2.24. The van der Waals surface area contributed by atoms with Crippen molar-refractivity contribution in [2.24, 2.45) is 7.05 Å². The molecule has 0 spiro atoms. The predicted molar refractivity (Wildman–Crippen MR) is 93.5 cm³/mol. The average Bonchev–Trinajstić information content (AvgIpc) is 2.82. The molecule has 8 heteroatoms. The fraction of sp³-hybridized carbons (Fsp3) is 0.529. The number of ether oxygens (including phenoxy) is 1. The highest BCUT2D eigenvalue weighted by molar-refractivity contribution is 5.93. The number of nitrogens with zero attached hydrogens (tertiary/aromatic N) is 5. The van der Waals surface area contributed by atoms with Crippen molar-refractivity contribution in [1.29, 1.82) is 0 Å². The van der Waals surface area contributed by atoms with Crippen molar-refractivity contribution in [3.63, 3.8) is 0 Å². The van der Waals surface area contributed by atoms with Crippen molar-refractivity contribution >= 4 is 11.6 Å². The molecule has 0 unspecified atom stereocenters. The van der Waals surface area contributed by atoms with E-state index in [1.807, 2.05) is 27.8 Å². The number of carbonyl (C=O) groups excluding carboxylic acids is 1. The molecule has 0 aliphatic carbocycles. The second-order valence-electron chi connectivity index (χ2n) is 6.22. The zero-order valence-corrected chi connectivity index (χ0v) is 15.2. The van der Waals surface area contributed by atoms with E-state index in [-0.39, 0.29) is 5.91 Å². The first-order valence-electron chi connectivity index (χ1n) is 8.47. The minimum atomic E-state index is -0.0440. The molecule has 0 bridgehead atoms. The van der Waals surface area contributed by atoms with E-state index in [9.17, 15) is 4.79 Å². The maximum atomic E-state index is 12.5. The van der Waals surface area contributed by atoms with Crippen LogP contribution >= 0.6 is 0 Å². The highest BCUT2D eigenvalue weighted by atomic mass is 16.5. The van der Waals surface area contributed by atoms with E-state index < -0.39 is 0 Å². The van der Waals surface area contributed by atoms with E-state index >= 15 is 0 Å². The number of aromatic nitrogens is 4. The van der Waals surface area contributed by atoms with Crippen molar-refractivity contribution in [3.8, 4) is 5.88 Å². The third-order valence-electron chi connectivity index (χ3n) is 4.46. The zero-order chi connectivity index (χ0) is 18.0. The Bertz CT molecular complexity index is 786. The molecule has 1 aliphatic heterocycles. The fourth-order valence-corrected chi connectivity index (χ4v) is 3.10. The number of anilines is 1. The molecule has 8 nitrogen and oxygen atoms in total. The molecule has 0 atom stereocenters. The van der Waals surface area contributed by atoms with Gasteiger partial charge < -0.3 is 10.1 Å². The molecular weight excluding hydrogens is 320 g/mol. The van der Waals surface area contributed by atoms with Crippen LogP contribution in [0.2, 0.25) is 0 Å². The van der Waals surface area contributed by atoms with Gasteiger partial charge in [-0.2, -0.15) is 5.10 Å². The quantitative estimate of drug-likeness (QED) is 0.878. The van der Waals surface area contributed by atoms with Gasteiger partial charge in [-0.25, -0.2) is 9.97 Å². The van der Waals surface area contributed by atoms with Crippen LogP contribution in [0.25, 0.3) is 0 Å². The Labute approximate surface area is 147 Å². The van der Waals surface area contributed by atoms with Crippen molar-refractivity contribution in [1.82, 2.24) is 24.6 Å². The van der Waals surface area contributed by atoms with Crippen LogP contribution < -0.4 is 10.1 Å². The maximum Gasteiger partial charge on any atom is 0.238 e. The Hall–Kier alpha value is -2.48. The van der Waals surface area contributed by atoms with Crippen LogP contribution in [-0.2, 0) is 24.8 Å². The number of carbonyl (C=O) groups is 1. The van der Waals surface area contributed by atoms with Gasteiger partial charge in [0.15, 0.2) is 0 Å². The zero-order valence-electron chi connectivity index (χ0n) is 15.2. The van der Waals surface area contributed by atoms with Crippen LogP contribution in [0.3, 0.4) is 0 Å². The van der Waals surface area contributed by atoms with Crippen LogP contribution in [0, 0.1) is 13.8 Å². The summed E-state index contributed by atoms with van der Waals surface area (Å²) in [6, 6.07) is 0. The summed E-state index contributed by atoms with van der Waals surface area (Å²) in [5.74, 6) is 0.578. The third kappa shape index (κ3) is 3.63. The summed E-state index contributed by atoms with van der Waals surface area (Å²) in [7, 11) is 1.87. The van der Waals surface area contributed by atoms with Gasteiger partial charge in [-0.15, -0.1) is 0 Å². The van der Waals surface area contributed by atoms with Crippen LogP contribution in [-0.4, -0.2) is 50.3 Å². The Morgan fingerprint density at radius 1 is 1.36 bits per heavy atom. The van der Waals surface area contributed by atoms with E-state index in [4.69, 9.17) is 4.74 Å². The Morgan fingerprint density at radius 3 is 2.84 bits per heavy atom. The van der Waals surface area contributed by atoms with Crippen molar-refractivity contribution in [2.75, 3.05) is 25.0 Å². The summed E-state index contributed by atoms with van der Waals surface area (Å²) < 4.78 is 7.37. The summed E-state index contributed by atoms with van der Waals surface area (Å²) in [6.07, 6.45) is 2.33. The lowest BCUT2D eigenvalue weighted by Crippen LogP contribution is -2.37. The topological polar surface area (TPSA) is 85.2 Å². The number of fused-ring (bicyclic) bond motifs is 1. The van der Waals surface area contributed by atoms with Gasteiger partial charge in [0.25, 0.3) is 0 Å². The molecule has 2 aromatic rings. The molecule has 0 aromatic carbocycles. The Morgan fingerprint density at radius 2 is 2.16 bits per heavy atom. The van der Waals surface area contributed by atoms with Crippen molar-refractivity contribution in [3.05, 3.63) is 29.0 Å². The lowest BCUT2D eigenvalue weighted by atomic mass is 10.1. The first kappa shape index (κ1) is 17.3. The molecule has 0 saturated carbocycles. The largest absolute Gasteiger partial charge is 0.478 e. The molecule has 1 amide bonds. The summed E-state index contributed by atoms with van der Waals surface area (Å²) in [6.45, 7) is 8.04. The van der Waals surface area contributed by atoms with E-state index in [2.05, 4.69) is 25.3 Å². The number of hydrogen-bond donors (Lipinski definition) is 1. The third-order valence-corrected chi connectivity index (χ3v) is 4.46. The molecule has 134 valence electrons. The second-order valence-corrected chi connectivity index (χ2v) is 6.22. The van der Waals surface area contributed by atoms with Crippen LogP contribution in [0.5, 0.6) is 5.88 Å². The Balaban J connectivity index is 1.67. The highest BCUT2D eigenvalue weighted by Gasteiger charge is 2.24. The van der Waals surface area contributed by atoms with Crippen molar-refractivity contribution in [2.45, 2.75) is 33.7 Å². The molecular formula is C17H24N6O2. The monoisotopic (exact) mass is 344 g/mol. The van der Waals surface area contributed by atoms with Gasteiger partial charge in [0.05, 0.1) is 35.9 Å². The Kier molecular flexibility index (Phi) is 4.98. The molecule has 2 aromatic heterocycles. The van der Waals surface area contributed by atoms with Gasteiger partial charge >= 0.3 is 0 Å². The molecule has 1 aliphatic rings. The minimum Gasteiger partial charge on any atom is -0.478 e. The first-order valence-corrected chi connectivity index (χ1v) is 8.47. The standard InChI is InChI=1S/C17H24N6O2/c1-5-25-17-13-8-23(7-6-14(13)18-10-19-17)9-15(24)20-16-11(2)21-22(4)12(16)3/h10H,5-9H2,1-4H3,(H,20,24). The molecule has 0 radical (unpaired) electrons. The summed E-state index contributed by atoms with van der Waals surface area (Å²) >= 11 is 0. The molecule has 0 saturated heterocycles. The smallest absolute Gasteiger partial charge is 0.238 e. The van der Waals surface area contributed by atoms with Gasteiger partial charge in [-0.3, -0.25) is 14.4 Å². The number of hydrogen-bond acceptors (Lipinski definition) is 6.